The van der Waals surface area contributed by atoms with E-state index in [-0.39, 0.29) is 11.3 Å². The molecule has 0 aromatic carbocycles. The molecule has 0 saturated heterocycles. The van der Waals surface area contributed by atoms with Gasteiger partial charge in [-0.2, -0.15) is 4.37 Å². The summed E-state index contributed by atoms with van der Waals surface area (Å²) in [6, 6.07) is 0. The summed E-state index contributed by atoms with van der Waals surface area (Å²) < 4.78 is 4.16. The first-order chi connectivity index (χ1) is 6.45. The highest BCUT2D eigenvalue weighted by atomic mass is 32.1. The minimum absolute atomic E-state index is 0.0960. The molecule has 1 aromatic rings. The van der Waals surface area contributed by atoms with Gasteiger partial charge in [0.15, 0.2) is 0 Å². The van der Waals surface area contributed by atoms with Crippen LogP contribution < -0.4 is 5.32 Å². The van der Waals surface area contributed by atoms with E-state index in [4.69, 9.17) is 0 Å². The molecule has 1 amide bonds. The molecular weight excluding hydrogens is 198 g/mol. The molecule has 0 aliphatic carbocycles. The summed E-state index contributed by atoms with van der Waals surface area (Å²) in [4.78, 5) is 15.6. The summed E-state index contributed by atoms with van der Waals surface area (Å²) in [7, 11) is 0. The molecule has 5 heteroatoms. The predicted octanol–water partition coefficient (Wildman–Crippen LogP) is 1.59. The van der Waals surface area contributed by atoms with Crippen molar-refractivity contribution in [2.45, 2.75) is 33.1 Å². The SMILES string of the molecule is CCNC(=O)c1nc(C(C)(C)C)ns1. The molecular formula is C9H15N3OS. The van der Waals surface area contributed by atoms with Crippen LogP contribution in [0.15, 0.2) is 0 Å². The van der Waals surface area contributed by atoms with Gasteiger partial charge in [0.05, 0.1) is 0 Å². The molecule has 0 atom stereocenters. The van der Waals surface area contributed by atoms with Crippen LogP contribution in [0.5, 0.6) is 0 Å². The maximum Gasteiger partial charge on any atom is 0.281 e. The number of hydrogen-bond donors (Lipinski definition) is 1. The van der Waals surface area contributed by atoms with Crippen LogP contribution >= 0.6 is 11.5 Å². The zero-order valence-corrected chi connectivity index (χ0v) is 9.73. The molecule has 0 radical (unpaired) electrons. The molecule has 78 valence electrons. The summed E-state index contributed by atoms with van der Waals surface area (Å²) in [5.74, 6) is 0.587. The van der Waals surface area contributed by atoms with Gasteiger partial charge in [0.1, 0.15) is 5.82 Å². The highest BCUT2D eigenvalue weighted by molar-refractivity contribution is 7.07. The molecule has 0 saturated carbocycles. The number of carbonyl (C=O) groups excluding carboxylic acids is 1. The smallest absolute Gasteiger partial charge is 0.281 e. The van der Waals surface area contributed by atoms with Gasteiger partial charge in [0.2, 0.25) is 5.01 Å². The molecule has 1 aromatic heterocycles. The van der Waals surface area contributed by atoms with E-state index in [0.29, 0.717) is 11.6 Å². The third-order valence-electron chi connectivity index (χ3n) is 1.63. The highest BCUT2D eigenvalue weighted by Gasteiger charge is 2.21. The van der Waals surface area contributed by atoms with Gasteiger partial charge in [0, 0.05) is 12.0 Å². The molecule has 1 N–H and O–H groups in total. The molecule has 0 aliphatic rings. The van der Waals surface area contributed by atoms with E-state index < -0.39 is 0 Å². The van der Waals surface area contributed by atoms with Crippen molar-refractivity contribution in [1.82, 2.24) is 14.7 Å². The molecule has 1 rings (SSSR count). The maximum atomic E-state index is 11.4. The van der Waals surface area contributed by atoms with Gasteiger partial charge in [-0.1, -0.05) is 20.8 Å². The van der Waals surface area contributed by atoms with E-state index in [1.165, 1.54) is 0 Å². The minimum Gasteiger partial charge on any atom is -0.350 e. The molecule has 0 aliphatic heterocycles. The van der Waals surface area contributed by atoms with Crippen LogP contribution in [0.25, 0.3) is 0 Å². The summed E-state index contributed by atoms with van der Waals surface area (Å²) in [6.45, 7) is 8.57. The van der Waals surface area contributed by atoms with Gasteiger partial charge >= 0.3 is 0 Å². The number of carbonyl (C=O) groups is 1. The number of nitrogens with one attached hydrogen (secondary N) is 1. The summed E-state index contributed by atoms with van der Waals surface area (Å²) >= 11 is 1.15. The zero-order chi connectivity index (χ0) is 10.8. The normalized spacial score (nSPS) is 11.4. The lowest BCUT2D eigenvalue weighted by molar-refractivity contribution is 0.0955. The van der Waals surface area contributed by atoms with Crippen LogP contribution in [0.1, 0.15) is 43.3 Å². The second-order valence-corrected chi connectivity index (χ2v) is 4.78. The van der Waals surface area contributed by atoms with Crippen molar-refractivity contribution in [3.8, 4) is 0 Å². The van der Waals surface area contributed by atoms with Gasteiger partial charge in [0.25, 0.3) is 5.91 Å². The van der Waals surface area contributed by atoms with E-state index >= 15 is 0 Å². The molecule has 1 heterocycles. The van der Waals surface area contributed by atoms with E-state index in [0.717, 1.165) is 17.4 Å². The maximum absolute atomic E-state index is 11.4. The van der Waals surface area contributed by atoms with Crippen LogP contribution in [-0.2, 0) is 5.41 Å². The second-order valence-electron chi connectivity index (χ2n) is 4.03. The van der Waals surface area contributed by atoms with E-state index in [1.54, 1.807) is 0 Å². The second kappa shape index (κ2) is 4.04. The van der Waals surface area contributed by atoms with E-state index in [1.807, 2.05) is 27.7 Å². The van der Waals surface area contributed by atoms with Crippen molar-refractivity contribution in [3.63, 3.8) is 0 Å². The van der Waals surface area contributed by atoms with Crippen LogP contribution in [0, 0.1) is 0 Å². The Morgan fingerprint density at radius 1 is 1.50 bits per heavy atom. The van der Waals surface area contributed by atoms with Crippen LogP contribution in [0.4, 0.5) is 0 Å². The third-order valence-corrected chi connectivity index (χ3v) is 2.34. The van der Waals surface area contributed by atoms with Crippen LogP contribution in [0.3, 0.4) is 0 Å². The Labute approximate surface area is 87.9 Å². The average molecular weight is 213 g/mol. The molecule has 0 fully saturated rings. The van der Waals surface area contributed by atoms with Crippen molar-refractivity contribution in [2.75, 3.05) is 6.54 Å². The Kier molecular flexibility index (Phi) is 3.21. The van der Waals surface area contributed by atoms with Gasteiger partial charge in [-0.05, 0) is 18.5 Å². The Morgan fingerprint density at radius 3 is 2.57 bits per heavy atom. The van der Waals surface area contributed by atoms with Crippen molar-refractivity contribution in [3.05, 3.63) is 10.8 Å². The fourth-order valence-electron chi connectivity index (χ4n) is 0.857. The first kappa shape index (κ1) is 11.1. The first-order valence-corrected chi connectivity index (χ1v) is 5.35. The van der Waals surface area contributed by atoms with Gasteiger partial charge in [-0.3, -0.25) is 4.79 Å². The molecule has 4 nitrogen and oxygen atoms in total. The Balaban J connectivity index is 2.83. The largest absolute Gasteiger partial charge is 0.350 e. The lowest BCUT2D eigenvalue weighted by Crippen LogP contribution is -2.23. The third kappa shape index (κ3) is 2.51. The van der Waals surface area contributed by atoms with Crippen molar-refractivity contribution >= 4 is 17.4 Å². The zero-order valence-electron chi connectivity index (χ0n) is 8.92. The Bertz CT molecular complexity index is 327. The fourth-order valence-corrected chi connectivity index (χ4v) is 1.63. The van der Waals surface area contributed by atoms with E-state index in [9.17, 15) is 4.79 Å². The predicted molar refractivity (Wildman–Crippen MR) is 56.6 cm³/mol. The highest BCUT2D eigenvalue weighted by Crippen LogP contribution is 2.20. The number of hydrogen-bond acceptors (Lipinski definition) is 4. The lowest BCUT2D eigenvalue weighted by atomic mass is 9.96. The fraction of sp³-hybridized carbons (Fsp3) is 0.667. The molecule has 0 spiro atoms. The standard InChI is InChI=1S/C9H15N3OS/c1-5-10-6(13)7-11-8(12-14-7)9(2,3)4/h5H2,1-4H3,(H,10,13). The molecule has 14 heavy (non-hydrogen) atoms. The number of aromatic nitrogens is 2. The summed E-state index contributed by atoms with van der Waals surface area (Å²) in [5.41, 5.74) is -0.0960. The summed E-state index contributed by atoms with van der Waals surface area (Å²) in [6.07, 6.45) is 0. The first-order valence-electron chi connectivity index (χ1n) is 4.57. The quantitative estimate of drug-likeness (QED) is 0.811. The average Bonchev–Trinajstić information content (AvgIpc) is 2.51. The number of nitrogens with zero attached hydrogens (tertiary/aromatic N) is 2. The lowest BCUT2D eigenvalue weighted by Gasteiger charge is -2.12. The summed E-state index contributed by atoms with van der Waals surface area (Å²) in [5, 5.41) is 3.14. The van der Waals surface area contributed by atoms with Crippen LogP contribution in [0.2, 0.25) is 0 Å². The van der Waals surface area contributed by atoms with Gasteiger partial charge in [-0.25, -0.2) is 4.98 Å². The molecule has 0 bridgehead atoms. The van der Waals surface area contributed by atoms with Crippen molar-refractivity contribution < 1.29 is 4.79 Å². The minimum atomic E-state index is -0.138. The van der Waals surface area contributed by atoms with E-state index in [2.05, 4.69) is 14.7 Å². The van der Waals surface area contributed by atoms with Crippen LogP contribution in [-0.4, -0.2) is 21.8 Å². The Hall–Kier alpha value is -0.970. The number of rotatable bonds is 2. The Morgan fingerprint density at radius 2 is 2.14 bits per heavy atom. The van der Waals surface area contributed by atoms with Gasteiger partial charge in [-0.15, -0.1) is 0 Å². The van der Waals surface area contributed by atoms with Gasteiger partial charge < -0.3 is 5.32 Å². The number of amides is 1. The molecule has 0 unspecified atom stereocenters. The monoisotopic (exact) mass is 213 g/mol. The van der Waals surface area contributed by atoms with Crippen molar-refractivity contribution in [2.24, 2.45) is 0 Å². The van der Waals surface area contributed by atoms with Crippen molar-refractivity contribution in [1.29, 1.82) is 0 Å². The topological polar surface area (TPSA) is 54.9 Å².